The van der Waals surface area contributed by atoms with Crippen molar-refractivity contribution in [3.05, 3.63) is 17.7 Å². The molecule has 2 heterocycles. The van der Waals surface area contributed by atoms with Crippen LogP contribution in [0.4, 0.5) is 0 Å². The third-order valence-electron chi connectivity index (χ3n) is 3.34. The summed E-state index contributed by atoms with van der Waals surface area (Å²) < 4.78 is 2.27. The highest BCUT2D eigenvalue weighted by Crippen LogP contribution is 2.31. The SMILES string of the molecule is CCc1ncc2n1CCCC2CCC(=O)O. The molecule has 4 nitrogen and oxygen atoms in total. The van der Waals surface area contributed by atoms with E-state index in [2.05, 4.69) is 16.5 Å². The first kappa shape index (κ1) is 11.2. The van der Waals surface area contributed by atoms with Gasteiger partial charge in [-0.15, -0.1) is 0 Å². The molecule has 1 aromatic rings. The van der Waals surface area contributed by atoms with Gasteiger partial charge in [0.05, 0.1) is 0 Å². The van der Waals surface area contributed by atoms with Crippen molar-refractivity contribution in [1.82, 2.24) is 9.55 Å². The van der Waals surface area contributed by atoms with E-state index < -0.39 is 5.97 Å². The molecule has 0 saturated heterocycles. The summed E-state index contributed by atoms with van der Waals surface area (Å²) in [6.45, 7) is 3.15. The standard InChI is InChI=1S/C12H18N2O2/c1-2-11-13-8-10-9(5-6-12(15)16)4-3-7-14(10)11/h8-9H,2-7H2,1H3,(H,15,16). The maximum Gasteiger partial charge on any atom is 0.303 e. The Morgan fingerprint density at radius 1 is 1.69 bits per heavy atom. The molecule has 0 fully saturated rings. The van der Waals surface area contributed by atoms with Gasteiger partial charge in [-0.1, -0.05) is 6.92 Å². The molecule has 0 aliphatic carbocycles. The summed E-state index contributed by atoms with van der Waals surface area (Å²) in [5, 5.41) is 8.72. The van der Waals surface area contributed by atoms with E-state index in [9.17, 15) is 4.79 Å². The molecular formula is C12H18N2O2. The molecule has 0 amide bonds. The van der Waals surface area contributed by atoms with Crippen molar-refractivity contribution in [3.63, 3.8) is 0 Å². The molecule has 4 heteroatoms. The molecular weight excluding hydrogens is 204 g/mol. The number of imidazole rings is 1. The fourth-order valence-corrected chi connectivity index (χ4v) is 2.53. The average Bonchev–Trinajstić information content (AvgIpc) is 2.69. The van der Waals surface area contributed by atoms with E-state index >= 15 is 0 Å². The van der Waals surface area contributed by atoms with Gasteiger partial charge < -0.3 is 9.67 Å². The fourth-order valence-electron chi connectivity index (χ4n) is 2.53. The molecule has 1 N–H and O–H groups in total. The predicted octanol–water partition coefficient (Wildman–Crippen LogP) is 2.19. The van der Waals surface area contributed by atoms with Gasteiger partial charge in [0.25, 0.3) is 0 Å². The molecule has 1 atom stereocenters. The van der Waals surface area contributed by atoms with Crippen LogP contribution in [0.25, 0.3) is 0 Å². The molecule has 0 radical (unpaired) electrons. The molecule has 0 spiro atoms. The lowest BCUT2D eigenvalue weighted by Crippen LogP contribution is -2.17. The minimum absolute atomic E-state index is 0.261. The Morgan fingerprint density at radius 3 is 3.19 bits per heavy atom. The molecule has 2 rings (SSSR count). The summed E-state index contributed by atoms with van der Waals surface area (Å²) in [5.41, 5.74) is 1.24. The van der Waals surface area contributed by atoms with Gasteiger partial charge in [0, 0.05) is 37.2 Å². The van der Waals surface area contributed by atoms with Crippen molar-refractivity contribution in [1.29, 1.82) is 0 Å². The van der Waals surface area contributed by atoms with Crippen LogP contribution in [0, 0.1) is 0 Å². The number of fused-ring (bicyclic) bond motifs is 1. The highest BCUT2D eigenvalue weighted by molar-refractivity contribution is 5.66. The molecule has 1 unspecified atom stereocenters. The second-order valence-corrected chi connectivity index (χ2v) is 4.38. The van der Waals surface area contributed by atoms with Gasteiger partial charge in [-0.3, -0.25) is 4.79 Å². The van der Waals surface area contributed by atoms with Gasteiger partial charge in [0.1, 0.15) is 5.82 Å². The number of hydrogen-bond acceptors (Lipinski definition) is 2. The largest absolute Gasteiger partial charge is 0.481 e. The maximum atomic E-state index is 10.6. The van der Waals surface area contributed by atoms with Gasteiger partial charge in [-0.2, -0.15) is 0 Å². The van der Waals surface area contributed by atoms with Crippen LogP contribution < -0.4 is 0 Å². The van der Waals surface area contributed by atoms with E-state index in [0.717, 1.165) is 38.1 Å². The summed E-state index contributed by atoms with van der Waals surface area (Å²) in [7, 11) is 0. The van der Waals surface area contributed by atoms with Gasteiger partial charge in [-0.25, -0.2) is 4.98 Å². The number of nitrogens with zero attached hydrogens (tertiary/aromatic N) is 2. The summed E-state index contributed by atoms with van der Waals surface area (Å²) in [5.74, 6) is 0.819. The van der Waals surface area contributed by atoms with Gasteiger partial charge in [-0.05, 0) is 19.3 Å². The van der Waals surface area contributed by atoms with Gasteiger partial charge in [0.2, 0.25) is 0 Å². The van der Waals surface area contributed by atoms with Crippen LogP contribution in [0.15, 0.2) is 6.20 Å². The summed E-state index contributed by atoms with van der Waals surface area (Å²) >= 11 is 0. The van der Waals surface area contributed by atoms with Crippen LogP contribution in [-0.4, -0.2) is 20.6 Å². The first-order chi connectivity index (χ1) is 7.72. The van der Waals surface area contributed by atoms with Crippen molar-refractivity contribution < 1.29 is 9.90 Å². The quantitative estimate of drug-likeness (QED) is 0.849. The van der Waals surface area contributed by atoms with Crippen molar-refractivity contribution in [2.75, 3.05) is 0 Å². The van der Waals surface area contributed by atoms with Crippen LogP contribution in [0.2, 0.25) is 0 Å². The molecule has 1 aliphatic heterocycles. The predicted molar refractivity (Wildman–Crippen MR) is 60.4 cm³/mol. The fraction of sp³-hybridized carbons (Fsp3) is 0.667. The van der Waals surface area contributed by atoms with Crippen molar-refractivity contribution in [3.8, 4) is 0 Å². The first-order valence-corrected chi connectivity index (χ1v) is 5.98. The Bertz CT molecular complexity index is 384. The Hall–Kier alpha value is -1.32. The zero-order valence-corrected chi connectivity index (χ0v) is 9.65. The number of aliphatic carboxylic acids is 1. The Labute approximate surface area is 95.3 Å². The zero-order valence-electron chi connectivity index (χ0n) is 9.65. The second-order valence-electron chi connectivity index (χ2n) is 4.38. The molecule has 16 heavy (non-hydrogen) atoms. The smallest absolute Gasteiger partial charge is 0.303 e. The van der Waals surface area contributed by atoms with Crippen LogP contribution in [0.5, 0.6) is 0 Å². The van der Waals surface area contributed by atoms with E-state index in [1.807, 2.05) is 6.20 Å². The van der Waals surface area contributed by atoms with E-state index in [1.165, 1.54) is 5.69 Å². The van der Waals surface area contributed by atoms with Crippen LogP contribution >= 0.6 is 0 Å². The lowest BCUT2D eigenvalue weighted by molar-refractivity contribution is -0.137. The number of carbonyl (C=O) groups is 1. The minimum Gasteiger partial charge on any atom is -0.481 e. The summed E-state index contributed by atoms with van der Waals surface area (Å²) in [6.07, 6.45) is 6.13. The number of carboxylic acids is 1. The van der Waals surface area contributed by atoms with Crippen LogP contribution in [0.1, 0.15) is 50.0 Å². The number of rotatable bonds is 4. The average molecular weight is 222 g/mol. The Kier molecular flexibility index (Phi) is 3.27. The van der Waals surface area contributed by atoms with E-state index in [-0.39, 0.29) is 6.42 Å². The number of hydrogen-bond donors (Lipinski definition) is 1. The number of aryl methyl sites for hydroxylation is 1. The molecule has 0 aromatic carbocycles. The number of aromatic nitrogens is 2. The maximum absolute atomic E-state index is 10.6. The van der Waals surface area contributed by atoms with E-state index in [4.69, 9.17) is 5.11 Å². The summed E-state index contributed by atoms with van der Waals surface area (Å²) in [4.78, 5) is 15.0. The Morgan fingerprint density at radius 2 is 2.50 bits per heavy atom. The first-order valence-electron chi connectivity index (χ1n) is 5.98. The highest BCUT2D eigenvalue weighted by Gasteiger charge is 2.23. The van der Waals surface area contributed by atoms with Crippen LogP contribution in [-0.2, 0) is 17.8 Å². The van der Waals surface area contributed by atoms with Gasteiger partial charge >= 0.3 is 5.97 Å². The topological polar surface area (TPSA) is 55.1 Å². The molecule has 88 valence electrons. The molecule has 0 saturated carbocycles. The minimum atomic E-state index is -0.702. The molecule has 1 aliphatic rings. The van der Waals surface area contributed by atoms with E-state index in [0.29, 0.717) is 5.92 Å². The normalized spacial score (nSPS) is 19.4. The monoisotopic (exact) mass is 222 g/mol. The second kappa shape index (κ2) is 4.68. The van der Waals surface area contributed by atoms with Crippen molar-refractivity contribution in [2.45, 2.75) is 51.5 Å². The van der Waals surface area contributed by atoms with E-state index in [1.54, 1.807) is 0 Å². The lowest BCUT2D eigenvalue weighted by Gasteiger charge is -2.24. The number of carboxylic acid groups (broad SMARTS) is 1. The molecule has 0 bridgehead atoms. The summed E-state index contributed by atoms with van der Waals surface area (Å²) in [6, 6.07) is 0. The van der Waals surface area contributed by atoms with Crippen molar-refractivity contribution >= 4 is 5.97 Å². The highest BCUT2D eigenvalue weighted by atomic mass is 16.4. The lowest BCUT2D eigenvalue weighted by atomic mass is 9.92. The Balaban J connectivity index is 2.13. The molecule has 1 aromatic heterocycles. The van der Waals surface area contributed by atoms with Crippen molar-refractivity contribution in [2.24, 2.45) is 0 Å². The van der Waals surface area contributed by atoms with Gasteiger partial charge in [0.15, 0.2) is 0 Å². The van der Waals surface area contributed by atoms with Crippen LogP contribution in [0.3, 0.4) is 0 Å². The zero-order chi connectivity index (χ0) is 11.5. The third kappa shape index (κ3) is 2.10. The third-order valence-corrected chi connectivity index (χ3v) is 3.34.